The zero-order valence-electron chi connectivity index (χ0n) is 7.35. The van der Waals surface area contributed by atoms with Crippen molar-refractivity contribution in [2.45, 2.75) is 32.2 Å². The van der Waals surface area contributed by atoms with E-state index in [4.69, 9.17) is 10.6 Å². The summed E-state index contributed by atoms with van der Waals surface area (Å²) in [7, 11) is 0. The van der Waals surface area contributed by atoms with E-state index < -0.39 is 0 Å². The molecule has 0 aliphatic heterocycles. The number of hydrogen-bond donors (Lipinski definition) is 1. The van der Waals surface area contributed by atoms with Crippen LogP contribution in [0.15, 0.2) is 17.3 Å². The van der Waals surface area contributed by atoms with Crippen molar-refractivity contribution in [1.82, 2.24) is 0 Å². The highest BCUT2D eigenvalue weighted by Crippen LogP contribution is 2.06. The minimum atomic E-state index is -0.0495. The van der Waals surface area contributed by atoms with Crippen molar-refractivity contribution in [2.24, 2.45) is 5.11 Å². The Morgan fingerprint density at radius 2 is 2.33 bits per heavy atom. The highest BCUT2D eigenvalue weighted by atomic mass is 16.2. The number of rotatable bonds is 6. The Bertz CT molecular complexity index is 173. The van der Waals surface area contributed by atoms with Gasteiger partial charge >= 0.3 is 0 Å². The van der Waals surface area contributed by atoms with Gasteiger partial charge in [0.1, 0.15) is 0 Å². The Morgan fingerprint density at radius 1 is 1.58 bits per heavy atom. The topological polar surface area (TPSA) is 69.0 Å². The molecule has 0 aromatic carbocycles. The third-order valence-corrected chi connectivity index (χ3v) is 1.52. The van der Waals surface area contributed by atoms with E-state index in [1.807, 2.05) is 19.1 Å². The van der Waals surface area contributed by atoms with Gasteiger partial charge in [0, 0.05) is 11.5 Å². The summed E-state index contributed by atoms with van der Waals surface area (Å²) in [6.07, 6.45) is 6.23. The Kier molecular flexibility index (Phi) is 7.44. The van der Waals surface area contributed by atoms with Gasteiger partial charge in [-0.15, -0.1) is 0 Å². The van der Waals surface area contributed by atoms with E-state index in [1.165, 1.54) is 0 Å². The third kappa shape index (κ3) is 5.77. The number of aliphatic hydroxyl groups excluding tert-OH is 1. The molecule has 1 unspecified atom stereocenters. The normalized spacial score (nSPS) is 12.8. The summed E-state index contributed by atoms with van der Waals surface area (Å²) in [5.41, 5.74) is 8.19. The Balaban J connectivity index is 3.71. The van der Waals surface area contributed by atoms with Crippen LogP contribution in [0.25, 0.3) is 10.4 Å². The molecule has 0 saturated carbocycles. The molecule has 0 aromatic heterocycles. The fourth-order valence-corrected chi connectivity index (χ4v) is 0.946. The van der Waals surface area contributed by atoms with Crippen LogP contribution in [-0.2, 0) is 0 Å². The summed E-state index contributed by atoms with van der Waals surface area (Å²) < 4.78 is 0. The van der Waals surface area contributed by atoms with Gasteiger partial charge in [-0.1, -0.05) is 23.7 Å². The fraction of sp³-hybridized carbons (Fsp3) is 0.750. The van der Waals surface area contributed by atoms with Gasteiger partial charge in [-0.05, 0) is 25.3 Å². The highest BCUT2D eigenvalue weighted by Gasteiger charge is 1.99. The molecule has 0 bridgehead atoms. The Labute approximate surface area is 72.5 Å². The van der Waals surface area contributed by atoms with Gasteiger partial charge in [0.2, 0.25) is 0 Å². The minimum Gasteiger partial charge on any atom is -0.396 e. The second-order valence-electron chi connectivity index (χ2n) is 2.52. The van der Waals surface area contributed by atoms with E-state index >= 15 is 0 Å². The molecule has 4 nitrogen and oxygen atoms in total. The van der Waals surface area contributed by atoms with Gasteiger partial charge in [-0.2, -0.15) is 0 Å². The summed E-state index contributed by atoms with van der Waals surface area (Å²) >= 11 is 0. The van der Waals surface area contributed by atoms with Crippen molar-refractivity contribution in [1.29, 1.82) is 0 Å². The number of hydrogen-bond acceptors (Lipinski definition) is 2. The van der Waals surface area contributed by atoms with E-state index in [1.54, 1.807) is 0 Å². The van der Waals surface area contributed by atoms with Gasteiger partial charge in [0.25, 0.3) is 0 Å². The molecule has 0 spiro atoms. The zero-order valence-corrected chi connectivity index (χ0v) is 7.35. The van der Waals surface area contributed by atoms with Gasteiger partial charge in [0.05, 0.1) is 6.04 Å². The number of nitrogens with zero attached hydrogens (tertiary/aromatic N) is 3. The predicted octanol–water partition coefficient (Wildman–Crippen LogP) is 2.40. The highest BCUT2D eigenvalue weighted by molar-refractivity contribution is 4.90. The maximum Gasteiger partial charge on any atom is 0.0555 e. The smallest absolute Gasteiger partial charge is 0.0555 e. The van der Waals surface area contributed by atoms with Crippen molar-refractivity contribution in [3.63, 3.8) is 0 Å². The van der Waals surface area contributed by atoms with E-state index in [0.29, 0.717) is 0 Å². The first-order chi connectivity index (χ1) is 5.85. The zero-order chi connectivity index (χ0) is 9.23. The maximum atomic E-state index is 8.52. The molecule has 0 fully saturated rings. The number of unbranched alkanes of at least 4 members (excludes halogenated alkanes) is 1. The van der Waals surface area contributed by atoms with Gasteiger partial charge < -0.3 is 5.11 Å². The second-order valence-corrected chi connectivity index (χ2v) is 2.52. The molecule has 0 aliphatic rings. The van der Waals surface area contributed by atoms with Crippen LogP contribution in [-0.4, -0.2) is 17.8 Å². The van der Waals surface area contributed by atoms with E-state index in [9.17, 15) is 0 Å². The quantitative estimate of drug-likeness (QED) is 0.214. The molecule has 4 heteroatoms. The molecule has 1 N–H and O–H groups in total. The third-order valence-electron chi connectivity index (χ3n) is 1.52. The number of allylic oxidation sites excluding steroid dienone is 1. The lowest BCUT2D eigenvalue weighted by molar-refractivity contribution is 0.282. The molecule has 0 saturated heterocycles. The molecule has 0 aromatic rings. The van der Waals surface area contributed by atoms with Gasteiger partial charge in [0.15, 0.2) is 0 Å². The summed E-state index contributed by atoms with van der Waals surface area (Å²) in [5.74, 6) is 0. The van der Waals surface area contributed by atoms with Crippen LogP contribution in [0.3, 0.4) is 0 Å². The van der Waals surface area contributed by atoms with Gasteiger partial charge in [-0.25, -0.2) is 0 Å². The molecule has 0 radical (unpaired) electrons. The SMILES string of the molecule is C/C=C\C(CCCCO)N=[N+]=[N-]. The molecule has 0 aliphatic carbocycles. The molecule has 0 heterocycles. The van der Waals surface area contributed by atoms with E-state index in [0.717, 1.165) is 19.3 Å². The first kappa shape index (κ1) is 11.0. The molecular weight excluding hydrogens is 154 g/mol. The van der Waals surface area contributed by atoms with Crippen molar-refractivity contribution in [2.75, 3.05) is 6.61 Å². The van der Waals surface area contributed by atoms with Crippen LogP contribution in [0.4, 0.5) is 0 Å². The van der Waals surface area contributed by atoms with Gasteiger partial charge in [-0.3, -0.25) is 0 Å². The van der Waals surface area contributed by atoms with Crippen LogP contribution < -0.4 is 0 Å². The summed E-state index contributed by atoms with van der Waals surface area (Å²) in [6, 6.07) is -0.0495. The van der Waals surface area contributed by atoms with Crippen LogP contribution in [0.5, 0.6) is 0 Å². The van der Waals surface area contributed by atoms with E-state index in [2.05, 4.69) is 10.0 Å². The maximum absolute atomic E-state index is 8.52. The second kappa shape index (κ2) is 8.11. The average molecular weight is 169 g/mol. The Hall–Kier alpha value is -0.990. The van der Waals surface area contributed by atoms with Crippen molar-refractivity contribution >= 4 is 0 Å². The molecule has 68 valence electrons. The fourth-order valence-electron chi connectivity index (χ4n) is 0.946. The lowest BCUT2D eigenvalue weighted by Gasteiger charge is -2.03. The first-order valence-electron chi connectivity index (χ1n) is 4.13. The lowest BCUT2D eigenvalue weighted by Crippen LogP contribution is -1.98. The summed E-state index contributed by atoms with van der Waals surface area (Å²) in [4.78, 5) is 2.74. The standard InChI is InChI=1S/C8H15N3O/c1-2-5-8(10-11-9)6-3-4-7-12/h2,5,8,12H,3-4,6-7H2,1H3/b5-2-. The van der Waals surface area contributed by atoms with Crippen LogP contribution in [0.2, 0.25) is 0 Å². The largest absolute Gasteiger partial charge is 0.396 e. The summed E-state index contributed by atoms with van der Waals surface area (Å²) in [5, 5.41) is 12.1. The lowest BCUT2D eigenvalue weighted by atomic mass is 10.1. The predicted molar refractivity (Wildman–Crippen MR) is 48.7 cm³/mol. The molecule has 1 atom stereocenters. The molecular formula is C8H15N3O. The van der Waals surface area contributed by atoms with Crippen LogP contribution in [0.1, 0.15) is 26.2 Å². The van der Waals surface area contributed by atoms with Crippen molar-refractivity contribution in [3.8, 4) is 0 Å². The minimum absolute atomic E-state index is 0.0495. The molecule has 12 heavy (non-hydrogen) atoms. The molecule has 0 rings (SSSR count). The van der Waals surface area contributed by atoms with Crippen molar-refractivity contribution < 1.29 is 5.11 Å². The molecule has 0 amide bonds. The number of aliphatic hydroxyl groups is 1. The number of azide groups is 1. The first-order valence-corrected chi connectivity index (χ1v) is 4.13. The van der Waals surface area contributed by atoms with E-state index in [-0.39, 0.29) is 12.6 Å². The monoisotopic (exact) mass is 169 g/mol. The average Bonchev–Trinajstić information content (AvgIpc) is 2.06. The van der Waals surface area contributed by atoms with Crippen LogP contribution in [0, 0.1) is 0 Å². The Morgan fingerprint density at radius 3 is 2.83 bits per heavy atom. The summed E-state index contributed by atoms with van der Waals surface area (Å²) in [6.45, 7) is 2.10. The van der Waals surface area contributed by atoms with Crippen LogP contribution >= 0.6 is 0 Å². The van der Waals surface area contributed by atoms with Crippen molar-refractivity contribution in [3.05, 3.63) is 22.6 Å².